The normalized spacial score (nSPS) is 13.5. The molecule has 4 nitrogen and oxygen atoms in total. The number of carbonyl (C=O) groups excluding carboxylic acids is 2. The Balaban J connectivity index is 1.39. The van der Waals surface area contributed by atoms with Gasteiger partial charge in [0.25, 0.3) is 5.91 Å². The zero-order valence-electron chi connectivity index (χ0n) is 14.8. The first-order chi connectivity index (χ1) is 12.7. The van der Waals surface area contributed by atoms with Gasteiger partial charge in [-0.2, -0.15) is 0 Å². The molecule has 1 aliphatic rings. The van der Waals surface area contributed by atoms with Crippen LogP contribution in [0.3, 0.4) is 0 Å². The second kappa shape index (κ2) is 8.99. The van der Waals surface area contributed by atoms with E-state index < -0.39 is 0 Å². The van der Waals surface area contributed by atoms with Crippen molar-refractivity contribution in [3.63, 3.8) is 0 Å². The van der Waals surface area contributed by atoms with Gasteiger partial charge in [0.2, 0.25) is 5.91 Å². The molecule has 2 aromatic rings. The number of benzene rings is 2. The Kier molecular flexibility index (Phi) is 6.20. The predicted molar refractivity (Wildman–Crippen MR) is 104 cm³/mol. The van der Waals surface area contributed by atoms with Gasteiger partial charge in [0.1, 0.15) is 0 Å². The molecule has 0 aromatic heterocycles. The molecule has 0 heterocycles. The van der Waals surface area contributed by atoms with Gasteiger partial charge in [-0.25, -0.2) is 0 Å². The third-order valence-electron chi connectivity index (χ3n) is 4.30. The summed E-state index contributed by atoms with van der Waals surface area (Å²) in [4.78, 5) is 23.8. The van der Waals surface area contributed by atoms with Gasteiger partial charge in [-0.3, -0.25) is 9.59 Å². The molecule has 26 heavy (non-hydrogen) atoms. The maximum Gasteiger partial charge on any atom is 0.251 e. The van der Waals surface area contributed by atoms with Gasteiger partial charge < -0.3 is 10.6 Å². The van der Waals surface area contributed by atoms with Crippen molar-refractivity contribution >= 4 is 17.9 Å². The zero-order valence-corrected chi connectivity index (χ0v) is 14.8. The number of rotatable bonds is 8. The first-order valence-electron chi connectivity index (χ1n) is 9.11. The minimum Gasteiger partial charge on any atom is -0.353 e. The highest BCUT2D eigenvalue weighted by Gasteiger charge is 2.23. The molecule has 1 aliphatic carbocycles. The lowest BCUT2D eigenvalue weighted by atomic mass is 10.1. The predicted octanol–water partition coefficient (Wildman–Crippen LogP) is 3.34. The Morgan fingerprint density at radius 1 is 1.00 bits per heavy atom. The molecule has 0 atom stereocenters. The van der Waals surface area contributed by atoms with Crippen molar-refractivity contribution in [2.45, 2.75) is 31.7 Å². The summed E-state index contributed by atoms with van der Waals surface area (Å²) in [6, 6.07) is 17.9. The number of hydrogen-bond acceptors (Lipinski definition) is 2. The maximum absolute atomic E-state index is 11.9. The second-order valence-corrected chi connectivity index (χ2v) is 6.58. The van der Waals surface area contributed by atoms with Crippen LogP contribution in [-0.4, -0.2) is 24.4 Å². The van der Waals surface area contributed by atoms with E-state index in [1.165, 1.54) is 11.6 Å². The van der Waals surface area contributed by atoms with Crippen molar-refractivity contribution in [1.29, 1.82) is 0 Å². The summed E-state index contributed by atoms with van der Waals surface area (Å²) in [6.45, 7) is 0.651. The number of amides is 2. The minimum absolute atomic E-state index is 0.0285. The zero-order chi connectivity index (χ0) is 18.2. The second-order valence-electron chi connectivity index (χ2n) is 6.58. The van der Waals surface area contributed by atoms with Crippen molar-refractivity contribution < 1.29 is 9.59 Å². The largest absolute Gasteiger partial charge is 0.353 e. The molecule has 2 aromatic carbocycles. The van der Waals surface area contributed by atoms with Crippen LogP contribution >= 0.6 is 0 Å². The third-order valence-corrected chi connectivity index (χ3v) is 4.30. The highest BCUT2D eigenvalue weighted by molar-refractivity contribution is 5.95. The van der Waals surface area contributed by atoms with Crippen LogP contribution in [0.1, 0.15) is 40.7 Å². The highest BCUT2D eigenvalue weighted by atomic mass is 16.2. The Morgan fingerprint density at radius 2 is 1.73 bits per heavy atom. The molecule has 0 spiro atoms. The molecule has 1 saturated carbocycles. The summed E-state index contributed by atoms with van der Waals surface area (Å²) in [5.74, 6) is -0.132. The fourth-order valence-electron chi connectivity index (χ4n) is 2.62. The number of aryl methyl sites for hydroxylation is 1. The molecule has 0 aliphatic heterocycles. The molecular formula is C22H24N2O2. The molecule has 2 N–H and O–H groups in total. The Bertz CT molecular complexity index is 762. The van der Waals surface area contributed by atoms with E-state index in [-0.39, 0.29) is 11.8 Å². The lowest BCUT2D eigenvalue weighted by Gasteiger charge is -2.04. The smallest absolute Gasteiger partial charge is 0.251 e. The summed E-state index contributed by atoms with van der Waals surface area (Å²) in [6.07, 6.45) is 7.31. The van der Waals surface area contributed by atoms with Crippen molar-refractivity contribution in [2.75, 3.05) is 6.54 Å². The van der Waals surface area contributed by atoms with Crippen LogP contribution in [0.4, 0.5) is 0 Å². The van der Waals surface area contributed by atoms with Gasteiger partial charge in [-0.05, 0) is 55.0 Å². The molecular weight excluding hydrogens is 324 g/mol. The van der Waals surface area contributed by atoms with Gasteiger partial charge in [0.05, 0.1) is 0 Å². The average molecular weight is 348 g/mol. The van der Waals surface area contributed by atoms with Gasteiger partial charge in [-0.15, -0.1) is 0 Å². The number of hydrogen-bond donors (Lipinski definition) is 2. The molecule has 0 radical (unpaired) electrons. The Morgan fingerprint density at radius 3 is 2.42 bits per heavy atom. The molecule has 0 unspecified atom stereocenters. The van der Waals surface area contributed by atoms with E-state index in [0.717, 1.165) is 31.2 Å². The van der Waals surface area contributed by atoms with Crippen LogP contribution in [0.2, 0.25) is 0 Å². The van der Waals surface area contributed by atoms with Crippen LogP contribution in [-0.2, 0) is 11.2 Å². The van der Waals surface area contributed by atoms with Crippen LogP contribution in [0.15, 0.2) is 60.7 Å². The molecule has 0 saturated heterocycles. The van der Waals surface area contributed by atoms with E-state index in [2.05, 4.69) is 22.8 Å². The van der Waals surface area contributed by atoms with Crippen LogP contribution in [0.25, 0.3) is 6.08 Å². The van der Waals surface area contributed by atoms with E-state index >= 15 is 0 Å². The van der Waals surface area contributed by atoms with Gasteiger partial charge in [0.15, 0.2) is 0 Å². The van der Waals surface area contributed by atoms with E-state index in [4.69, 9.17) is 0 Å². The van der Waals surface area contributed by atoms with Crippen molar-refractivity contribution in [3.05, 3.63) is 77.4 Å². The number of nitrogens with one attached hydrogen (secondary N) is 2. The summed E-state index contributed by atoms with van der Waals surface area (Å²) >= 11 is 0. The first-order valence-corrected chi connectivity index (χ1v) is 9.11. The monoisotopic (exact) mass is 348 g/mol. The fourth-order valence-corrected chi connectivity index (χ4v) is 2.62. The SMILES string of the molecule is O=C(/C=C/c1ccc(C(=O)NC2CC2)cc1)NCCCc1ccccc1. The third kappa shape index (κ3) is 5.88. The molecule has 0 bridgehead atoms. The van der Waals surface area contributed by atoms with Gasteiger partial charge in [0, 0.05) is 24.2 Å². The van der Waals surface area contributed by atoms with Crippen molar-refractivity contribution in [1.82, 2.24) is 10.6 Å². The van der Waals surface area contributed by atoms with Crippen LogP contribution in [0.5, 0.6) is 0 Å². The maximum atomic E-state index is 11.9. The van der Waals surface area contributed by atoms with E-state index in [1.54, 1.807) is 18.2 Å². The van der Waals surface area contributed by atoms with Gasteiger partial charge >= 0.3 is 0 Å². The quantitative estimate of drug-likeness (QED) is 0.568. The molecule has 134 valence electrons. The van der Waals surface area contributed by atoms with Crippen molar-refractivity contribution in [2.24, 2.45) is 0 Å². The minimum atomic E-state index is -0.103. The summed E-state index contributed by atoms with van der Waals surface area (Å²) in [5.41, 5.74) is 2.83. The van der Waals surface area contributed by atoms with Crippen molar-refractivity contribution in [3.8, 4) is 0 Å². The van der Waals surface area contributed by atoms with E-state index in [9.17, 15) is 9.59 Å². The molecule has 3 rings (SSSR count). The fraction of sp³-hybridized carbons (Fsp3) is 0.273. The Hall–Kier alpha value is -2.88. The average Bonchev–Trinajstić information content (AvgIpc) is 3.49. The lowest BCUT2D eigenvalue weighted by Crippen LogP contribution is -2.25. The standard InChI is InChI=1S/C22H24N2O2/c25-21(23-16-4-7-17-5-2-1-3-6-17)15-10-18-8-11-19(12-9-18)22(26)24-20-13-14-20/h1-3,5-6,8-12,15,20H,4,7,13-14,16H2,(H,23,25)(H,24,26)/b15-10+. The van der Waals surface area contributed by atoms with E-state index in [1.807, 2.05) is 30.3 Å². The highest BCUT2D eigenvalue weighted by Crippen LogP contribution is 2.19. The number of carbonyl (C=O) groups is 2. The van der Waals surface area contributed by atoms with Crippen LogP contribution in [0, 0.1) is 0 Å². The topological polar surface area (TPSA) is 58.2 Å². The molecule has 1 fully saturated rings. The summed E-state index contributed by atoms with van der Waals surface area (Å²) < 4.78 is 0. The van der Waals surface area contributed by atoms with E-state index in [0.29, 0.717) is 18.2 Å². The van der Waals surface area contributed by atoms with Crippen LogP contribution < -0.4 is 10.6 Å². The Labute approximate surface area is 154 Å². The summed E-state index contributed by atoms with van der Waals surface area (Å²) in [7, 11) is 0. The summed E-state index contributed by atoms with van der Waals surface area (Å²) in [5, 5.41) is 5.85. The lowest BCUT2D eigenvalue weighted by molar-refractivity contribution is -0.116. The van der Waals surface area contributed by atoms with Gasteiger partial charge in [-0.1, -0.05) is 42.5 Å². The molecule has 4 heteroatoms. The molecule has 2 amide bonds. The first kappa shape index (κ1) is 17.9.